The number of halogens is 3. The van der Waals surface area contributed by atoms with E-state index >= 15 is 0 Å². The third kappa shape index (κ3) is 3.68. The van der Waals surface area contributed by atoms with Crippen molar-refractivity contribution in [3.05, 3.63) is 71.4 Å². The van der Waals surface area contributed by atoms with Gasteiger partial charge in [-0.3, -0.25) is 4.79 Å². The smallest absolute Gasteiger partial charge is 0.254 e. The summed E-state index contributed by atoms with van der Waals surface area (Å²) in [6.07, 6.45) is 0. The Balaban J connectivity index is 1.74. The van der Waals surface area contributed by atoms with Gasteiger partial charge in [-0.15, -0.1) is 0 Å². The van der Waals surface area contributed by atoms with Gasteiger partial charge in [0.1, 0.15) is 23.5 Å². The van der Waals surface area contributed by atoms with Crippen molar-refractivity contribution in [2.45, 2.75) is 13.0 Å². The highest BCUT2D eigenvalue weighted by Crippen LogP contribution is 2.19. The van der Waals surface area contributed by atoms with Crippen molar-refractivity contribution in [2.24, 2.45) is 0 Å². The molecular weight excluding hydrogens is 335 g/mol. The Kier molecular flexibility index (Phi) is 4.51. The summed E-state index contributed by atoms with van der Waals surface area (Å²) in [6.45, 7) is 1.57. The van der Waals surface area contributed by atoms with E-state index < -0.39 is 29.4 Å². The highest BCUT2D eigenvalue weighted by molar-refractivity contribution is 5.94. The first-order chi connectivity index (χ1) is 11.9. The van der Waals surface area contributed by atoms with E-state index in [0.29, 0.717) is 11.6 Å². The third-order valence-electron chi connectivity index (χ3n) is 3.44. The van der Waals surface area contributed by atoms with E-state index in [4.69, 9.17) is 4.52 Å². The van der Waals surface area contributed by atoms with Gasteiger partial charge >= 0.3 is 0 Å². The molecule has 25 heavy (non-hydrogen) atoms. The minimum Gasteiger partial charge on any atom is -0.340 e. The lowest BCUT2D eigenvalue weighted by molar-refractivity contribution is 0.0928. The molecule has 1 heterocycles. The summed E-state index contributed by atoms with van der Waals surface area (Å²) in [7, 11) is 0. The van der Waals surface area contributed by atoms with E-state index in [1.807, 2.05) is 0 Å². The average molecular weight is 347 g/mol. The Labute approximate surface area is 140 Å². The van der Waals surface area contributed by atoms with Crippen LogP contribution in [0.1, 0.15) is 29.2 Å². The molecule has 128 valence electrons. The number of rotatable bonds is 4. The van der Waals surface area contributed by atoms with Crippen LogP contribution in [0.3, 0.4) is 0 Å². The van der Waals surface area contributed by atoms with Crippen molar-refractivity contribution in [1.82, 2.24) is 15.5 Å². The largest absolute Gasteiger partial charge is 0.340 e. The summed E-state index contributed by atoms with van der Waals surface area (Å²) >= 11 is 0. The molecule has 0 aliphatic heterocycles. The fraction of sp³-hybridized carbons (Fsp3) is 0.118. The zero-order valence-corrected chi connectivity index (χ0v) is 13.0. The van der Waals surface area contributed by atoms with Gasteiger partial charge in [-0.25, -0.2) is 13.2 Å². The zero-order valence-electron chi connectivity index (χ0n) is 13.0. The maximum Gasteiger partial charge on any atom is 0.254 e. The molecule has 3 rings (SSSR count). The molecule has 0 spiro atoms. The lowest BCUT2D eigenvalue weighted by Crippen LogP contribution is -2.27. The Morgan fingerprint density at radius 1 is 1.08 bits per heavy atom. The second kappa shape index (κ2) is 6.76. The van der Waals surface area contributed by atoms with Gasteiger partial charge in [0, 0.05) is 11.6 Å². The summed E-state index contributed by atoms with van der Waals surface area (Å²) in [5.74, 6) is -2.56. The van der Waals surface area contributed by atoms with Crippen LogP contribution in [0.15, 0.2) is 47.0 Å². The van der Waals surface area contributed by atoms with Crippen LogP contribution in [-0.4, -0.2) is 16.0 Å². The van der Waals surface area contributed by atoms with Crippen LogP contribution in [0, 0.1) is 17.5 Å². The Bertz CT molecular complexity index is 910. The van der Waals surface area contributed by atoms with E-state index in [-0.39, 0.29) is 17.3 Å². The average Bonchev–Trinajstić information content (AvgIpc) is 3.05. The van der Waals surface area contributed by atoms with Crippen molar-refractivity contribution < 1.29 is 22.5 Å². The summed E-state index contributed by atoms with van der Waals surface area (Å²) in [4.78, 5) is 16.2. The summed E-state index contributed by atoms with van der Waals surface area (Å²) in [6, 6.07) is 7.44. The molecule has 1 aromatic heterocycles. The van der Waals surface area contributed by atoms with Gasteiger partial charge in [0.05, 0.1) is 5.56 Å². The topological polar surface area (TPSA) is 68.0 Å². The minimum atomic E-state index is -0.970. The van der Waals surface area contributed by atoms with Gasteiger partial charge in [0.15, 0.2) is 0 Å². The van der Waals surface area contributed by atoms with E-state index in [0.717, 1.165) is 12.1 Å². The maximum atomic E-state index is 13.6. The first-order valence-corrected chi connectivity index (χ1v) is 7.29. The molecule has 1 N–H and O–H groups in total. The number of hydrogen-bond acceptors (Lipinski definition) is 4. The molecule has 0 fully saturated rings. The van der Waals surface area contributed by atoms with Crippen LogP contribution in [0.5, 0.6) is 0 Å². The molecule has 0 saturated heterocycles. The Hall–Kier alpha value is -3.16. The third-order valence-corrected chi connectivity index (χ3v) is 3.44. The van der Waals surface area contributed by atoms with Gasteiger partial charge in [0.2, 0.25) is 11.7 Å². The van der Waals surface area contributed by atoms with Crippen LogP contribution in [0.2, 0.25) is 0 Å². The molecular formula is C17H12F3N3O2. The molecule has 0 bridgehead atoms. The normalized spacial score (nSPS) is 12.0. The molecule has 5 nitrogen and oxygen atoms in total. The molecule has 0 unspecified atom stereocenters. The standard InChI is InChI=1S/C17H12F3N3O2/c1-9(21-16(24)13-7-6-12(19)8-14(13)20)17-22-15(23-25-17)10-2-4-11(18)5-3-10/h2-9H,1H3,(H,21,24)/t9-/m1/s1. The van der Waals surface area contributed by atoms with Gasteiger partial charge in [-0.1, -0.05) is 5.16 Å². The van der Waals surface area contributed by atoms with E-state index in [2.05, 4.69) is 15.5 Å². The monoisotopic (exact) mass is 347 g/mol. The SMILES string of the molecule is C[C@@H](NC(=O)c1ccc(F)cc1F)c1nc(-c2ccc(F)cc2)no1. The maximum absolute atomic E-state index is 13.6. The Morgan fingerprint density at radius 2 is 1.76 bits per heavy atom. The molecule has 1 amide bonds. The molecule has 0 saturated carbocycles. The molecule has 0 aliphatic rings. The molecule has 1 atom stereocenters. The minimum absolute atomic E-state index is 0.0928. The van der Waals surface area contributed by atoms with Crippen LogP contribution >= 0.6 is 0 Å². The first-order valence-electron chi connectivity index (χ1n) is 7.29. The van der Waals surface area contributed by atoms with Crippen LogP contribution in [-0.2, 0) is 0 Å². The second-order valence-corrected chi connectivity index (χ2v) is 5.28. The van der Waals surface area contributed by atoms with Crippen LogP contribution in [0.25, 0.3) is 11.4 Å². The molecule has 0 aliphatic carbocycles. The zero-order chi connectivity index (χ0) is 18.0. The fourth-order valence-electron chi connectivity index (χ4n) is 2.14. The highest BCUT2D eigenvalue weighted by atomic mass is 19.1. The number of nitrogens with zero attached hydrogens (tertiary/aromatic N) is 2. The molecule has 3 aromatic rings. The molecule has 0 radical (unpaired) electrons. The van der Waals surface area contributed by atoms with E-state index in [9.17, 15) is 18.0 Å². The summed E-state index contributed by atoms with van der Waals surface area (Å²) < 4.78 is 44.5. The first kappa shape index (κ1) is 16.7. The van der Waals surface area contributed by atoms with Crippen molar-refractivity contribution in [3.63, 3.8) is 0 Å². The predicted octanol–water partition coefficient (Wildman–Crippen LogP) is 3.64. The fourth-order valence-corrected chi connectivity index (χ4v) is 2.14. The van der Waals surface area contributed by atoms with Crippen molar-refractivity contribution in [2.75, 3.05) is 0 Å². The van der Waals surface area contributed by atoms with Crippen LogP contribution in [0.4, 0.5) is 13.2 Å². The van der Waals surface area contributed by atoms with Gasteiger partial charge < -0.3 is 9.84 Å². The molecule has 8 heteroatoms. The number of amides is 1. The number of nitrogens with one attached hydrogen (secondary N) is 1. The Morgan fingerprint density at radius 3 is 2.44 bits per heavy atom. The van der Waals surface area contributed by atoms with Crippen LogP contribution < -0.4 is 5.32 Å². The lowest BCUT2D eigenvalue weighted by atomic mass is 10.2. The number of hydrogen-bond donors (Lipinski definition) is 1. The number of carbonyl (C=O) groups excluding carboxylic acids is 1. The van der Waals surface area contributed by atoms with E-state index in [1.54, 1.807) is 6.92 Å². The van der Waals surface area contributed by atoms with E-state index in [1.165, 1.54) is 24.3 Å². The van der Waals surface area contributed by atoms with Crippen molar-refractivity contribution in [3.8, 4) is 11.4 Å². The van der Waals surface area contributed by atoms with Gasteiger partial charge in [-0.2, -0.15) is 4.98 Å². The quantitative estimate of drug-likeness (QED) is 0.782. The summed E-state index contributed by atoms with van der Waals surface area (Å²) in [5, 5.41) is 6.25. The number of aromatic nitrogens is 2. The second-order valence-electron chi connectivity index (χ2n) is 5.28. The van der Waals surface area contributed by atoms with Gasteiger partial charge in [-0.05, 0) is 43.3 Å². The lowest BCUT2D eigenvalue weighted by Gasteiger charge is -2.10. The van der Waals surface area contributed by atoms with Gasteiger partial charge in [0.25, 0.3) is 5.91 Å². The number of benzene rings is 2. The number of carbonyl (C=O) groups is 1. The van der Waals surface area contributed by atoms with Crippen molar-refractivity contribution >= 4 is 5.91 Å². The van der Waals surface area contributed by atoms with Crippen molar-refractivity contribution in [1.29, 1.82) is 0 Å². The highest BCUT2D eigenvalue weighted by Gasteiger charge is 2.20. The summed E-state index contributed by atoms with van der Waals surface area (Å²) in [5.41, 5.74) is 0.242. The molecule has 2 aromatic carbocycles. The predicted molar refractivity (Wildman–Crippen MR) is 81.9 cm³/mol.